The summed E-state index contributed by atoms with van der Waals surface area (Å²) in [6.07, 6.45) is 7.93. The summed E-state index contributed by atoms with van der Waals surface area (Å²) in [7, 11) is 0. The summed E-state index contributed by atoms with van der Waals surface area (Å²) in [5.74, 6) is 0. The minimum Gasteiger partial charge on any atom is -0.358 e. The Kier molecular flexibility index (Phi) is 3.26. The van der Waals surface area contributed by atoms with Gasteiger partial charge in [0.05, 0.1) is 6.04 Å². The zero-order valence-corrected chi connectivity index (χ0v) is 9.78. The molecule has 1 saturated carbocycles. The second-order valence-electron chi connectivity index (χ2n) is 4.45. The SMILES string of the molecule is CCCCN1C(=S)NC2CCCCC21. The number of nitrogens with zero attached hydrogens (tertiary/aromatic N) is 1. The third kappa shape index (κ3) is 1.88. The molecule has 2 rings (SSSR count). The Morgan fingerprint density at radius 2 is 2.21 bits per heavy atom. The first-order valence-corrected chi connectivity index (χ1v) is 6.31. The number of thiocarbonyl (C=S) groups is 1. The second kappa shape index (κ2) is 4.47. The first-order chi connectivity index (χ1) is 6.83. The molecule has 0 spiro atoms. The van der Waals surface area contributed by atoms with Gasteiger partial charge in [-0.2, -0.15) is 0 Å². The van der Waals surface area contributed by atoms with Crippen LogP contribution in [0.15, 0.2) is 0 Å². The summed E-state index contributed by atoms with van der Waals surface area (Å²) in [6, 6.07) is 1.37. The van der Waals surface area contributed by atoms with Crippen molar-refractivity contribution in [2.24, 2.45) is 0 Å². The maximum atomic E-state index is 5.38. The third-order valence-corrected chi connectivity index (χ3v) is 3.80. The minimum absolute atomic E-state index is 0.660. The van der Waals surface area contributed by atoms with Crippen LogP contribution in [0, 0.1) is 0 Å². The van der Waals surface area contributed by atoms with Crippen LogP contribution in [-0.2, 0) is 0 Å². The molecule has 2 unspecified atom stereocenters. The Balaban J connectivity index is 1.96. The van der Waals surface area contributed by atoms with E-state index in [0.29, 0.717) is 12.1 Å². The van der Waals surface area contributed by atoms with E-state index in [2.05, 4.69) is 17.1 Å². The Bertz CT molecular complexity index is 217. The van der Waals surface area contributed by atoms with Gasteiger partial charge in [-0.05, 0) is 31.5 Å². The summed E-state index contributed by atoms with van der Waals surface area (Å²) in [5, 5.41) is 4.48. The van der Waals surface area contributed by atoms with Crippen LogP contribution in [0.2, 0.25) is 0 Å². The maximum Gasteiger partial charge on any atom is 0.169 e. The van der Waals surface area contributed by atoms with E-state index in [1.165, 1.54) is 38.5 Å². The van der Waals surface area contributed by atoms with E-state index in [-0.39, 0.29) is 0 Å². The van der Waals surface area contributed by atoms with Gasteiger partial charge in [0.1, 0.15) is 0 Å². The van der Waals surface area contributed by atoms with Crippen molar-refractivity contribution in [1.29, 1.82) is 0 Å². The number of hydrogen-bond acceptors (Lipinski definition) is 1. The zero-order chi connectivity index (χ0) is 9.97. The van der Waals surface area contributed by atoms with Gasteiger partial charge in [0.25, 0.3) is 0 Å². The molecule has 0 amide bonds. The highest BCUT2D eigenvalue weighted by Crippen LogP contribution is 2.28. The van der Waals surface area contributed by atoms with Gasteiger partial charge in [0, 0.05) is 12.6 Å². The average molecular weight is 212 g/mol. The number of fused-ring (bicyclic) bond motifs is 1. The molecule has 80 valence electrons. The molecule has 2 atom stereocenters. The molecule has 2 aliphatic rings. The minimum atomic E-state index is 0.660. The van der Waals surface area contributed by atoms with Crippen LogP contribution < -0.4 is 5.32 Å². The Labute approximate surface area is 92.0 Å². The average Bonchev–Trinajstić information content (AvgIpc) is 2.51. The summed E-state index contributed by atoms with van der Waals surface area (Å²) in [6.45, 7) is 3.40. The van der Waals surface area contributed by atoms with Crippen molar-refractivity contribution in [2.45, 2.75) is 57.5 Å². The predicted molar refractivity (Wildman–Crippen MR) is 63.4 cm³/mol. The first kappa shape index (κ1) is 10.2. The van der Waals surface area contributed by atoms with Crippen molar-refractivity contribution < 1.29 is 0 Å². The summed E-state index contributed by atoms with van der Waals surface area (Å²) < 4.78 is 0. The van der Waals surface area contributed by atoms with Gasteiger partial charge in [-0.15, -0.1) is 0 Å². The first-order valence-electron chi connectivity index (χ1n) is 5.90. The summed E-state index contributed by atoms with van der Waals surface area (Å²) in [5.41, 5.74) is 0. The lowest BCUT2D eigenvalue weighted by Gasteiger charge is -2.30. The number of hydrogen-bond donors (Lipinski definition) is 1. The van der Waals surface area contributed by atoms with Crippen molar-refractivity contribution in [3.63, 3.8) is 0 Å². The van der Waals surface area contributed by atoms with Gasteiger partial charge >= 0.3 is 0 Å². The molecule has 0 radical (unpaired) electrons. The van der Waals surface area contributed by atoms with Gasteiger partial charge in [0.15, 0.2) is 5.11 Å². The zero-order valence-electron chi connectivity index (χ0n) is 8.96. The fraction of sp³-hybridized carbons (Fsp3) is 0.909. The molecule has 1 N–H and O–H groups in total. The molecular formula is C11H20N2S. The highest BCUT2D eigenvalue weighted by Gasteiger charge is 2.37. The van der Waals surface area contributed by atoms with Gasteiger partial charge < -0.3 is 10.2 Å². The van der Waals surface area contributed by atoms with E-state index in [4.69, 9.17) is 12.2 Å². The molecule has 1 aliphatic carbocycles. The molecule has 2 fully saturated rings. The number of rotatable bonds is 3. The lowest BCUT2D eigenvalue weighted by atomic mass is 9.91. The van der Waals surface area contributed by atoms with E-state index in [1.807, 2.05) is 0 Å². The van der Waals surface area contributed by atoms with Crippen LogP contribution in [0.5, 0.6) is 0 Å². The quantitative estimate of drug-likeness (QED) is 0.723. The van der Waals surface area contributed by atoms with Crippen LogP contribution in [0.25, 0.3) is 0 Å². The lowest BCUT2D eigenvalue weighted by molar-refractivity contribution is 0.248. The summed E-state index contributed by atoms with van der Waals surface area (Å²) in [4.78, 5) is 2.43. The van der Waals surface area contributed by atoms with Gasteiger partial charge in [-0.3, -0.25) is 0 Å². The van der Waals surface area contributed by atoms with Crippen LogP contribution in [0.4, 0.5) is 0 Å². The molecule has 0 aromatic rings. The normalized spacial score (nSPS) is 31.5. The Hall–Kier alpha value is -0.310. The maximum absolute atomic E-state index is 5.38. The van der Waals surface area contributed by atoms with Crippen LogP contribution >= 0.6 is 12.2 Å². The molecule has 0 aromatic carbocycles. The smallest absolute Gasteiger partial charge is 0.169 e. The van der Waals surface area contributed by atoms with E-state index < -0.39 is 0 Å². The topological polar surface area (TPSA) is 15.3 Å². The highest BCUT2D eigenvalue weighted by atomic mass is 32.1. The van der Waals surface area contributed by atoms with Crippen molar-refractivity contribution in [3.05, 3.63) is 0 Å². The van der Waals surface area contributed by atoms with Crippen LogP contribution in [0.3, 0.4) is 0 Å². The van der Waals surface area contributed by atoms with Gasteiger partial charge in [-0.25, -0.2) is 0 Å². The van der Waals surface area contributed by atoms with Crippen molar-refractivity contribution in [1.82, 2.24) is 10.2 Å². The molecule has 3 heteroatoms. The molecule has 1 heterocycles. The lowest BCUT2D eigenvalue weighted by Crippen LogP contribution is -2.39. The molecule has 0 aromatic heterocycles. The monoisotopic (exact) mass is 212 g/mol. The van der Waals surface area contributed by atoms with E-state index in [0.717, 1.165) is 11.7 Å². The van der Waals surface area contributed by atoms with Crippen molar-refractivity contribution in [2.75, 3.05) is 6.54 Å². The standard InChI is InChI=1S/C11H20N2S/c1-2-3-8-13-10-7-5-4-6-9(10)12-11(13)14/h9-10H,2-8H2,1H3,(H,12,14). The Morgan fingerprint density at radius 1 is 1.43 bits per heavy atom. The largest absolute Gasteiger partial charge is 0.358 e. The van der Waals surface area contributed by atoms with Gasteiger partial charge in [-0.1, -0.05) is 26.2 Å². The molecule has 1 saturated heterocycles. The van der Waals surface area contributed by atoms with E-state index >= 15 is 0 Å². The molecule has 0 bridgehead atoms. The fourth-order valence-electron chi connectivity index (χ4n) is 2.64. The third-order valence-electron chi connectivity index (χ3n) is 3.45. The predicted octanol–water partition coefficient (Wildman–Crippen LogP) is 2.29. The van der Waals surface area contributed by atoms with Gasteiger partial charge in [0.2, 0.25) is 0 Å². The van der Waals surface area contributed by atoms with E-state index in [9.17, 15) is 0 Å². The highest BCUT2D eigenvalue weighted by molar-refractivity contribution is 7.80. The molecule has 1 aliphatic heterocycles. The second-order valence-corrected chi connectivity index (χ2v) is 4.84. The molecular weight excluding hydrogens is 192 g/mol. The molecule has 2 nitrogen and oxygen atoms in total. The number of unbranched alkanes of at least 4 members (excludes halogenated alkanes) is 1. The number of nitrogens with one attached hydrogen (secondary N) is 1. The fourth-order valence-corrected chi connectivity index (χ4v) is 3.02. The van der Waals surface area contributed by atoms with Crippen molar-refractivity contribution >= 4 is 17.3 Å². The van der Waals surface area contributed by atoms with Crippen LogP contribution in [0.1, 0.15) is 45.4 Å². The Morgan fingerprint density at radius 3 is 3.00 bits per heavy atom. The molecule has 14 heavy (non-hydrogen) atoms. The van der Waals surface area contributed by atoms with E-state index in [1.54, 1.807) is 0 Å². The van der Waals surface area contributed by atoms with Crippen molar-refractivity contribution in [3.8, 4) is 0 Å². The van der Waals surface area contributed by atoms with Crippen LogP contribution in [-0.4, -0.2) is 28.6 Å². The summed E-state index contributed by atoms with van der Waals surface area (Å²) >= 11 is 5.38.